The van der Waals surface area contributed by atoms with Crippen LogP contribution in [0.4, 0.5) is 0 Å². The molecule has 3 heteroatoms. The fourth-order valence-corrected chi connectivity index (χ4v) is 1.69. The number of ether oxygens (including phenoxy) is 2. The van der Waals surface area contributed by atoms with Crippen LogP contribution in [0.5, 0.6) is 5.75 Å². The van der Waals surface area contributed by atoms with Gasteiger partial charge in [0.25, 0.3) is 0 Å². The van der Waals surface area contributed by atoms with Crippen LogP contribution in [-0.2, 0) is 4.74 Å². The van der Waals surface area contributed by atoms with Crippen LogP contribution in [0.2, 0.25) is 0 Å². The van der Waals surface area contributed by atoms with Gasteiger partial charge in [-0.2, -0.15) is 0 Å². The Morgan fingerprint density at radius 1 is 1.29 bits per heavy atom. The van der Waals surface area contributed by atoms with Gasteiger partial charge in [-0.1, -0.05) is 17.7 Å². The van der Waals surface area contributed by atoms with Gasteiger partial charge in [-0.15, -0.1) is 0 Å². The molecule has 0 aromatic heterocycles. The molecule has 0 fully saturated rings. The smallest absolute Gasteiger partial charge is 0.124 e. The molecule has 17 heavy (non-hydrogen) atoms. The lowest BCUT2D eigenvalue weighted by Gasteiger charge is -2.19. The number of nitrogens with two attached hydrogens (primary N) is 1. The highest BCUT2D eigenvalue weighted by Crippen LogP contribution is 2.26. The molecule has 2 unspecified atom stereocenters. The fraction of sp³-hybridized carbons (Fsp3) is 0.571. The van der Waals surface area contributed by atoms with E-state index in [1.165, 1.54) is 5.56 Å². The summed E-state index contributed by atoms with van der Waals surface area (Å²) in [4.78, 5) is 0. The second-order valence-corrected chi connectivity index (χ2v) is 4.54. The molecule has 1 aromatic rings. The first-order valence-corrected chi connectivity index (χ1v) is 6.06. The van der Waals surface area contributed by atoms with E-state index in [-0.39, 0.29) is 12.1 Å². The molecule has 0 aliphatic heterocycles. The summed E-state index contributed by atoms with van der Waals surface area (Å²) < 4.78 is 10.9. The van der Waals surface area contributed by atoms with Crippen molar-refractivity contribution in [1.82, 2.24) is 0 Å². The van der Waals surface area contributed by atoms with Gasteiger partial charge in [0.15, 0.2) is 0 Å². The number of rotatable bonds is 6. The molecule has 0 saturated carbocycles. The highest BCUT2D eigenvalue weighted by atomic mass is 16.5. The Balaban J connectivity index is 2.76. The first-order valence-electron chi connectivity index (χ1n) is 6.06. The minimum Gasteiger partial charge on any atom is -0.490 e. The van der Waals surface area contributed by atoms with Crippen LogP contribution < -0.4 is 10.5 Å². The predicted molar refractivity (Wildman–Crippen MR) is 70.4 cm³/mol. The Bertz CT molecular complexity index is 350. The molecule has 96 valence electrons. The van der Waals surface area contributed by atoms with E-state index in [0.717, 1.165) is 17.7 Å². The van der Waals surface area contributed by atoms with E-state index in [4.69, 9.17) is 15.2 Å². The van der Waals surface area contributed by atoms with Crippen LogP contribution in [0.1, 0.15) is 37.4 Å². The van der Waals surface area contributed by atoms with E-state index in [1.807, 2.05) is 26.0 Å². The zero-order valence-electron chi connectivity index (χ0n) is 11.2. The van der Waals surface area contributed by atoms with Crippen LogP contribution in [0.15, 0.2) is 18.2 Å². The molecule has 1 rings (SSSR count). The monoisotopic (exact) mass is 237 g/mol. The molecule has 0 radical (unpaired) electrons. The molecule has 0 aliphatic rings. The van der Waals surface area contributed by atoms with Crippen molar-refractivity contribution in [3.05, 3.63) is 29.3 Å². The SMILES string of the molecule is COCCC(C)Oc1ccc(C)cc1C(C)N. The highest BCUT2D eigenvalue weighted by molar-refractivity contribution is 5.38. The largest absolute Gasteiger partial charge is 0.490 e. The van der Waals surface area contributed by atoms with Crippen molar-refractivity contribution in [2.24, 2.45) is 5.73 Å². The third kappa shape index (κ3) is 4.36. The maximum Gasteiger partial charge on any atom is 0.124 e. The average Bonchev–Trinajstić information content (AvgIpc) is 2.28. The van der Waals surface area contributed by atoms with Crippen molar-refractivity contribution in [3.63, 3.8) is 0 Å². The Hall–Kier alpha value is -1.06. The van der Waals surface area contributed by atoms with E-state index < -0.39 is 0 Å². The number of hydrogen-bond donors (Lipinski definition) is 1. The van der Waals surface area contributed by atoms with Gasteiger partial charge in [0.05, 0.1) is 6.10 Å². The van der Waals surface area contributed by atoms with Crippen molar-refractivity contribution < 1.29 is 9.47 Å². The minimum atomic E-state index is -0.0143. The molecular weight excluding hydrogens is 214 g/mol. The number of aryl methyl sites for hydroxylation is 1. The van der Waals surface area contributed by atoms with Crippen LogP contribution in [0.3, 0.4) is 0 Å². The molecule has 2 N–H and O–H groups in total. The van der Waals surface area contributed by atoms with Crippen molar-refractivity contribution in [2.75, 3.05) is 13.7 Å². The molecule has 0 aliphatic carbocycles. The lowest BCUT2D eigenvalue weighted by molar-refractivity contribution is 0.134. The van der Waals surface area contributed by atoms with E-state index >= 15 is 0 Å². The standard InChI is InChI=1S/C14H23NO2/c1-10-5-6-14(13(9-10)12(3)15)17-11(2)7-8-16-4/h5-6,9,11-12H,7-8,15H2,1-4H3. The molecular formula is C14H23NO2. The molecule has 3 nitrogen and oxygen atoms in total. The van der Waals surface area contributed by atoms with Gasteiger partial charge in [0.1, 0.15) is 5.75 Å². The summed E-state index contributed by atoms with van der Waals surface area (Å²) in [6.07, 6.45) is 1.01. The van der Waals surface area contributed by atoms with Gasteiger partial charge >= 0.3 is 0 Å². The number of benzene rings is 1. The van der Waals surface area contributed by atoms with Gasteiger partial charge in [0, 0.05) is 31.7 Å². The topological polar surface area (TPSA) is 44.5 Å². The normalized spacial score (nSPS) is 14.4. The summed E-state index contributed by atoms with van der Waals surface area (Å²) in [5.41, 5.74) is 8.22. The molecule has 0 spiro atoms. The third-order valence-electron chi connectivity index (χ3n) is 2.71. The molecule has 0 heterocycles. The van der Waals surface area contributed by atoms with E-state index in [0.29, 0.717) is 6.61 Å². The average molecular weight is 237 g/mol. The zero-order chi connectivity index (χ0) is 12.8. The lowest BCUT2D eigenvalue weighted by atomic mass is 10.0. The molecule has 1 aromatic carbocycles. The molecule has 0 saturated heterocycles. The maximum atomic E-state index is 5.95. The van der Waals surface area contributed by atoms with Crippen molar-refractivity contribution in [1.29, 1.82) is 0 Å². The van der Waals surface area contributed by atoms with Gasteiger partial charge in [-0.25, -0.2) is 0 Å². The van der Waals surface area contributed by atoms with Crippen molar-refractivity contribution in [3.8, 4) is 5.75 Å². The van der Waals surface area contributed by atoms with E-state index in [2.05, 4.69) is 13.0 Å². The second-order valence-electron chi connectivity index (χ2n) is 4.54. The summed E-state index contributed by atoms with van der Waals surface area (Å²) in [5, 5.41) is 0. The van der Waals surface area contributed by atoms with Crippen LogP contribution >= 0.6 is 0 Å². The van der Waals surface area contributed by atoms with E-state index in [1.54, 1.807) is 7.11 Å². The molecule has 0 bridgehead atoms. The maximum absolute atomic E-state index is 5.95. The Labute approximate surface area is 104 Å². The summed E-state index contributed by atoms with van der Waals surface area (Å²) in [6.45, 7) is 6.79. The van der Waals surface area contributed by atoms with Gasteiger partial charge in [0.2, 0.25) is 0 Å². The third-order valence-corrected chi connectivity index (χ3v) is 2.71. The summed E-state index contributed by atoms with van der Waals surface area (Å²) in [6, 6.07) is 6.12. The highest BCUT2D eigenvalue weighted by Gasteiger charge is 2.11. The first kappa shape index (κ1) is 14.0. The van der Waals surface area contributed by atoms with Crippen molar-refractivity contribution in [2.45, 2.75) is 39.3 Å². The van der Waals surface area contributed by atoms with Crippen LogP contribution in [0.25, 0.3) is 0 Å². The first-order chi connectivity index (χ1) is 8.04. The Morgan fingerprint density at radius 3 is 2.59 bits per heavy atom. The van der Waals surface area contributed by atoms with Gasteiger partial charge in [-0.3, -0.25) is 0 Å². The lowest BCUT2D eigenvalue weighted by Crippen LogP contribution is -2.17. The number of hydrogen-bond acceptors (Lipinski definition) is 3. The summed E-state index contributed by atoms with van der Waals surface area (Å²) in [7, 11) is 1.70. The molecule has 2 atom stereocenters. The van der Waals surface area contributed by atoms with E-state index in [9.17, 15) is 0 Å². The summed E-state index contributed by atoms with van der Waals surface area (Å²) in [5.74, 6) is 0.884. The predicted octanol–water partition coefficient (Wildman–Crippen LogP) is 2.82. The summed E-state index contributed by atoms with van der Waals surface area (Å²) >= 11 is 0. The minimum absolute atomic E-state index is 0.0143. The fourth-order valence-electron chi connectivity index (χ4n) is 1.69. The molecule has 0 amide bonds. The Morgan fingerprint density at radius 2 is 2.00 bits per heavy atom. The van der Waals surface area contributed by atoms with Crippen LogP contribution in [0, 0.1) is 6.92 Å². The van der Waals surface area contributed by atoms with Crippen LogP contribution in [-0.4, -0.2) is 19.8 Å². The zero-order valence-corrected chi connectivity index (χ0v) is 11.2. The second kappa shape index (κ2) is 6.62. The Kier molecular flexibility index (Phi) is 5.45. The van der Waals surface area contributed by atoms with Gasteiger partial charge in [-0.05, 0) is 26.8 Å². The number of methoxy groups -OCH3 is 1. The van der Waals surface area contributed by atoms with Gasteiger partial charge < -0.3 is 15.2 Å². The quantitative estimate of drug-likeness (QED) is 0.827. The van der Waals surface area contributed by atoms with Crippen molar-refractivity contribution >= 4 is 0 Å².